The molecule has 0 aliphatic heterocycles. The van der Waals surface area contributed by atoms with Gasteiger partial charge in [-0.1, -0.05) is 0 Å². The predicted molar refractivity (Wildman–Crippen MR) is 107 cm³/mol. The number of thiophene rings is 1. The zero-order chi connectivity index (χ0) is 18.1. The Morgan fingerprint density at radius 2 is 2.15 bits per heavy atom. The average molecular weight is 367 g/mol. The molecule has 0 unspecified atom stereocenters. The standard InChI is InChI=1S/C19H21N5OS/c1-2-25-15-8-13(21)11(9-20)7-14(15)24-18-17-12-5-3-4-6-16(12)26-19(17)23-10-22-18/h7-10,20H,2-6,21H2,1H3,(H,22,23,24). The highest BCUT2D eigenvalue weighted by molar-refractivity contribution is 7.19. The summed E-state index contributed by atoms with van der Waals surface area (Å²) >= 11 is 1.77. The average Bonchev–Trinajstić information content (AvgIpc) is 3.03. The quantitative estimate of drug-likeness (QED) is 0.462. The van der Waals surface area contributed by atoms with Crippen LogP contribution in [0.25, 0.3) is 10.2 Å². The monoisotopic (exact) mass is 367 g/mol. The van der Waals surface area contributed by atoms with Gasteiger partial charge in [0.1, 0.15) is 22.7 Å². The van der Waals surface area contributed by atoms with Crippen molar-refractivity contribution in [2.75, 3.05) is 17.7 Å². The largest absolute Gasteiger partial charge is 0.492 e. The third-order valence-corrected chi connectivity index (χ3v) is 5.84. The van der Waals surface area contributed by atoms with Gasteiger partial charge in [-0.25, -0.2) is 9.97 Å². The number of anilines is 3. The molecule has 1 aliphatic carbocycles. The molecular weight excluding hydrogens is 346 g/mol. The van der Waals surface area contributed by atoms with Gasteiger partial charge in [0.2, 0.25) is 0 Å². The summed E-state index contributed by atoms with van der Waals surface area (Å²) < 4.78 is 5.74. The predicted octanol–water partition coefficient (Wildman–Crippen LogP) is 4.29. The molecule has 26 heavy (non-hydrogen) atoms. The van der Waals surface area contributed by atoms with E-state index < -0.39 is 0 Å². The van der Waals surface area contributed by atoms with E-state index in [-0.39, 0.29) is 0 Å². The van der Waals surface area contributed by atoms with Crippen molar-refractivity contribution in [1.29, 1.82) is 5.41 Å². The summed E-state index contributed by atoms with van der Waals surface area (Å²) in [5.41, 5.74) is 9.31. The smallest absolute Gasteiger partial charge is 0.144 e. The number of benzene rings is 1. The van der Waals surface area contributed by atoms with Crippen molar-refractivity contribution in [2.45, 2.75) is 32.6 Å². The normalized spacial score (nSPS) is 13.4. The number of aryl methyl sites for hydroxylation is 2. The van der Waals surface area contributed by atoms with Crippen molar-refractivity contribution in [3.05, 3.63) is 34.5 Å². The molecule has 4 rings (SSSR count). The fraction of sp³-hybridized carbons (Fsp3) is 0.316. The van der Waals surface area contributed by atoms with Gasteiger partial charge in [-0.15, -0.1) is 11.3 Å². The van der Waals surface area contributed by atoms with Crippen molar-refractivity contribution in [2.24, 2.45) is 0 Å². The first-order chi connectivity index (χ1) is 12.7. The maximum Gasteiger partial charge on any atom is 0.144 e. The minimum absolute atomic E-state index is 0.523. The molecule has 2 aromatic heterocycles. The number of hydrogen-bond donors (Lipinski definition) is 3. The van der Waals surface area contributed by atoms with Crippen LogP contribution >= 0.6 is 11.3 Å². The van der Waals surface area contributed by atoms with Crippen molar-refractivity contribution in [3.8, 4) is 5.75 Å². The molecule has 0 saturated heterocycles. The Morgan fingerprint density at radius 3 is 2.96 bits per heavy atom. The number of nitrogens with zero attached hydrogens (tertiary/aromatic N) is 2. The Balaban J connectivity index is 1.82. The van der Waals surface area contributed by atoms with Gasteiger partial charge in [0, 0.05) is 28.4 Å². The van der Waals surface area contributed by atoms with Crippen molar-refractivity contribution < 1.29 is 4.74 Å². The van der Waals surface area contributed by atoms with E-state index >= 15 is 0 Å². The summed E-state index contributed by atoms with van der Waals surface area (Å²) in [4.78, 5) is 11.4. The summed E-state index contributed by atoms with van der Waals surface area (Å²) in [5.74, 6) is 1.45. The second-order valence-electron chi connectivity index (χ2n) is 6.29. The minimum Gasteiger partial charge on any atom is -0.492 e. The molecule has 0 spiro atoms. The molecule has 0 bridgehead atoms. The van der Waals surface area contributed by atoms with Crippen molar-refractivity contribution in [3.63, 3.8) is 0 Å². The topological polar surface area (TPSA) is 96.9 Å². The number of fused-ring (bicyclic) bond motifs is 3. The zero-order valence-corrected chi connectivity index (χ0v) is 15.4. The van der Waals surface area contributed by atoms with Gasteiger partial charge in [-0.3, -0.25) is 0 Å². The maximum atomic E-state index is 7.57. The number of rotatable bonds is 5. The van der Waals surface area contributed by atoms with E-state index in [2.05, 4.69) is 15.3 Å². The van der Waals surface area contributed by atoms with Crippen LogP contribution in [0.5, 0.6) is 5.75 Å². The molecule has 134 valence electrons. The summed E-state index contributed by atoms with van der Waals surface area (Å²) in [6.07, 6.45) is 7.49. The highest BCUT2D eigenvalue weighted by atomic mass is 32.1. The van der Waals surface area contributed by atoms with Crippen molar-refractivity contribution in [1.82, 2.24) is 9.97 Å². The van der Waals surface area contributed by atoms with Gasteiger partial charge >= 0.3 is 0 Å². The van der Waals surface area contributed by atoms with Crippen LogP contribution in [0.3, 0.4) is 0 Å². The molecule has 0 saturated carbocycles. The number of ether oxygens (including phenoxy) is 1. The Morgan fingerprint density at radius 1 is 1.31 bits per heavy atom. The number of nitrogens with two attached hydrogens (primary N) is 1. The second kappa shape index (κ2) is 6.92. The fourth-order valence-electron chi connectivity index (χ4n) is 3.42. The molecule has 2 heterocycles. The third kappa shape index (κ3) is 2.88. The molecule has 3 aromatic rings. The van der Waals surface area contributed by atoms with E-state index in [0.717, 1.165) is 34.6 Å². The van der Waals surface area contributed by atoms with Crippen LogP contribution in [0.4, 0.5) is 17.2 Å². The Labute approximate surface area is 155 Å². The summed E-state index contributed by atoms with van der Waals surface area (Å²) in [5, 5.41) is 12.1. The molecular formula is C19H21N5OS. The first-order valence-corrected chi connectivity index (χ1v) is 9.62. The van der Waals surface area contributed by atoms with Crippen LogP contribution < -0.4 is 15.8 Å². The number of nitrogen functional groups attached to an aromatic ring is 1. The zero-order valence-electron chi connectivity index (χ0n) is 14.6. The molecule has 0 radical (unpaired) electrons. The number of aromatic nitrogens is 2. The molecule has 0 fully saturated rings. The molecule has 0 atom stereocenters. The molecule has 1 aromatic carbocycles. The first-order valence-electron chi connectivity index (χ1n) is 8.80. The highest BCUT2D eigenvalue weighted by Gasteiger charge is 2.20. The lowest BCUT2D eigenvalue weighted by Crippen LogP contribution is -2.04. The second-order valence-corrected chi connectivity index (χ2v) is 7.38. The minimum atomic E-state index is 0.523. The highest BCUT2D eigenvalue weighted by Crippen LogP contribution is 2.40. The van der Waals surface area contributed by atoms with E-state index in [9.17, 15) is 0 Å². The Kier molecular flexibility index (Phi) is 4.46. The van der Waals surface area contributed by atoms with E-state index in [1.165, 1.54) is 29.5 Å². The van der Waals surface area contributed by atoms with Crippen LogP contribution in [0, 0.1) is 5.41 Å². The summed E-state index contributed by atoms with van der Waals surface area (Å²) in [7, 11) is 0. The van der Waals surface area contributed by atoms with Crippen LogP contribution in [0.2, 0.25) is 0 Å². The summed E-state index contributed by atoms with van der Waals surface area (Å²) in [6, 6.07) is 3.59. The van der Waals surface area contributed by atoms with Crippen LogP contribution in [-0.4, -0.2) is 22.8 Å². The Hall–Kier alpha value is -2.67. The molecule has 4 N–H and O–H groups in total. The molecule has 1 aliphatic rings. The van der Waals surface area contributed by atoms with Crippen LogP contribution in [0.1, 0.15) is 35.8 Å². The summed E-state index contributed by atoms with van der Waals surface area (Å²) in [6.45, 7) is 2.47. The van der Waals surface area contributed by atoms with E-state index in [0.29, 0.717) is 23.6 Å². The van der Waals surface area contributed by atoms with Crippen LogP contribution in [-0.2, 0) is 12.8 Å². The van der Waals surface area contributed by atoms with E-state index in [1.54, 1.807) is 23.7 Å². The molecule has 6 nitrogen and oxygen atoms in total. The van der Waals surface area contributed by atoms with E-state index in [4.69, 9.17) is 15.9 Å². The molecule has 7 heteroatoms. The lowest BCUT2D eigenvalue weighted by atomic mass is 9.97. The first kappa shape index (κ1) is 16.8. The van der Waals surface area contributed by atoms with Gasteiger partial charge in [-0.05, 0) is 44.2 Å². The van der Waals surface area contributed by atoms with E-state index in [1.807, 2.05) is 13.0 Å². The van der Waals surface area contributed by atoms with Gasteiger partial charge < -0.3 is 21.2 Å². The fourth-order valence-corrected chi connectivity index (χ4v) is 4.65. The number of hydrogen-bond acceptors (Lipinski definition) is 7. The van der Waals surface area contributed by atoms with Gasteiger partial charge in [-0.2, -0.15) is 0 Å². The molecule has 0 amide bonds. The lowest BCUT2D eigenvalue weighted by molar-refractivity contribution is 0.342. The third-order valence-electron chi connectivity index (χ3n) is 4.64. The van der Waals surface area contributed by atoms with Crippen molar-refractivity contribution >= 4 is 45.0 Å². The van der Waals surface area contributed by atoms with Crippen LogP contribution in [0.15, 0.2) is 18.5 Å². The number of nitrogens with one attached hydrogen (secondary N) is 2. The Bertz CT molecular complexity index is 982. The van der Waals surface area contributed by atoms with Gasteiger partial charge in [0.25, 0.3) is 0 Å². The SMILES string of the molecule is CCOc1cc(N)c(C=N)cc1Nc1ncnc2sc3c(c12)CCCC3. The van der Waals surface area contributed by atoms with Gasteiger partial charge in [0.15, 0.2) is 0 Å². The lowest BCUT2D eigenvalue weighted by Gasteiger charge is -2.16. The maximum absolute atomic E-state index is 7.57. The van der Waals surface area contributed by atoms with Gasteiger partial charge in [0.05, 0.1) is 17.7 Å².